The molecule has 212 valence electrons. The second-order valence-electron chi connectivity index (χ2n) is 11.2. The lowest BCUT2D eigenvalue weighted by atomic mass is 10.1. The Morgan fingerprint density at radius 2 is 0.933 bits per heavy atom. The van der Waals surface area contributed by atoms with Crippen LogP contribution in [0, 0.1) is 0 Å². The molecule has 0 amide bonds. The molecule has 0 aliphatic rings. The van der Waals surface area contributed by atoms with Gasteiger partial charge in [0, 0.05) is 44.0 Å². The molecular formula is C39H26N6. The summed E-state index contributed by atoms with van der Waals surface area (Å²) in [6.07, 6.45) is 0. The van der Waals surface area contributed by atoms with Crippen molar-refractivity contribution < 1.29 is 0 Å². The van der Waals surface area contributed by atoms with Crippen LogP contribution in [0.1, 0.15) is 0 Å². The summed E-state index contributed by atoms with van der Waals surface area (Å²) in [5.41, 5.74) is 14.1. The molecule has 2 N–H and O–H groups in total. The molecule has 6 nitrogen and oxygen atoms in total. The van der Waals surface area contributed by atoms with Crippen molar-refractivity contribution in [1.82, 2.24) is 24.1 Å². The van der Waals surface area contributed by atoms with Crippen LogP contribution in [0.3, 0.4) is 0 Å². The molecule has 0 aliphatic carbocycles. The molecule has 0 saturated heterocycles. The maximum atomic E-state index is 6.35. The van der Waals surface area contributed by atoms with Crippen molar-refractivity contribution in [2.24, 2.45) is 0 Å². The van der Waals surface area contributed by atoms with Crippen molar-refractivity contribution in [3.8, 4) is 34.4 Å². The summed E-state index contributed by atoms with van der Waals surface area (Å²) in [5, 5.41) is 4.56. The van der Waals surface area contributed by atoms with Gasteiger partial charge in [-0.3, -0.25) is 4.57 Å². The van der Waals surface area contributed by atoms with E-state index in [0.29, 0.717) is 23.3 Å². The molecule has 0 aliphatic heterocycles. The van der Waals surface area contributed by atoms with Crippen molar-refractivity contribution in [1.29, 1.82) is 0 Å². The van der Waals surface area contributed by atoms with E-state index in [1.807, 2.05) is 78.9 Å². The first-order valence-corrected chi connectivity index (χ1v) is 14.9. The van der Waals surface area contributed by atoms with Crippen molar-refractivity contribution in [3.63, 3.8) is 0 Å². The molecule has 6 aromatic carbocycles. The third kappa shape index (κ3) is 3.93. The highest BCUT2D eigenvalue weighted by molar-refractivity contribution is 6.23. The molecule has 3 aromatic heterocycles. The monoisotopic (exact) mass is 578 g/mol. The number of nitrogen functional groups attached to an aromatic ring is 1. The van der Waals surface area contributed by atoms with Crippen LogP contribution in [0.25, 0.3) is 78.0 Å². The summed E-state index contributed by atoms with van der Waals surface area (Å²) in [4.78, 5) is 15.3. The fraction of sp³-hybridized carbons (Fsp3) is 0. The topological polar surface area (TPSA) is 74.5 Å². The van der Waals surface area contributed by atoms with E-state index in [0.717, 1.165) is 55.0 Å². The molecule has 0 fully saturated rings. The average Bonchev–Trinajstić information content (AvgIpc) is 3.62. The molecule has 45 heavy (non-hydrogen) atoms. The summed E-state index contributed by atoms with van der Waals surface area (Å²) in [5.74, 6) is 1.80. The lowest BCUT2D eigenvalue weighted by molar-refractivity contribution is 0.953. The number of rotatable bonds is 4. The smallest absolute Gasteiger partial charge is 0.238 e. The van der Waals surface area contributed by atoms with Gasteiger partial charge in [-0.25, -0.2) is 4.98 Å². The van der Waals surface area contributed by atoms with Gasteiger partial charge < -0.3 is 10.3 Å². The Bertz CT molecular complexity index is 2490. The van der Waals surface area contributed by atoms with E-state index in [1.165, 1.54) is 5.39 Å². The number of aromatic nitrogens is 5. The minimum absolute atomic E-state index is 0.561. The second kappa shape index (κ2) is 9.89. The van der Waals surface area contributed by atoms with Crippen molar-refractivity contribution >= 4 is 49.3 Å². The van der Waals surface area contributed by atoms with Crippen LogP contribution in [0.2, 0.25) is 0 Å². The van der Waals surface area contributed by atoms with E-state index in [9.17, 15) is 0 Å². The molecule has 0 saturated carbocycles. The zero-order valence-electron chi connectivity index (χ0n) is 24.2. The number of nitrogens with zero attached hydrogens (tertiary/aromatic N) is 5. The van der Waals surface area contributed by atoms with Crippen LogP contribution in [-0.2, 0) is 0 Å². The summed E-state index contributed by atoms with van der Waals surface area (Å²) in [6, 6.07) is 49.7. The van der Waals surface area contributed by atoms with E-state index in [2.05, 4.69) is 75.9 Å². The van der Waals surface area contributed by atoms with E-state index in [-0.39, 0.29) is 0 Å². The van der Waals surface area contributed by atoms with Crippen molar-refractivity contribution in [2.45, 2.75) is 0 Å². The van der Waals surface area contributed by atoms with Gasteiger partial charge in [0.1, 0.15) is 0 Å². The molecule has 0 atom stereocenters. The van der Waals surface area contributed by atoms with Crippen LogP contribution in [0.15, 0.2) is 146 Å². The first-order valence-electron chi connectivity index (χ1n) is 14.9. The van der Waals surface area contributed by atoms with E-state index < -0.39 is 0 Å². The van der Waals surface area contributed by atoms with Crippen LogP contribution >= 0.6 is 0 Å². The largest absolute Gasteiger partial charge is 0.399 e. The Labute approximate surface area is 258 Å². The number of para-hydroxylation sites is 2. The summed E-state index contributed by atoms with van der Waals surface area (Å²) in [6.45, 7) is 0. The number of hydrogen-bond acceptors (Lipinski definition) is 4. The van der Waals surface area contributed by atoms with Gasteiger partial charge >= 0.3 is 0 Å². The molecule has 0 spiro atoms. The Balaban J connectivity index is 1.48. The number of fused-ring (bicyclic) bond motifs is 7. The fourth-order valence-corrected chi connectivity index (χ4v) is 6.54. The number of nitrogens with two attached hydrogens (primary N) is 1. The Hall–Kier alpha value is -6.27. The second-order valence-corrected chi connectivity index (χ2v) is 11.2. The molecule has 3 heterocycles. The van der Waals surface area contributed by atoms with Crippen molar-refractivity contribution in [2.75, 3.05) is 5.73 Å². The van der Waals surface area contributed by atoms with Gasteiger partial charge in [0.25, 0.3) is 0 Å². The molecule has 0 unspecified atom stereocenters. The molecular weight excluding hydrogens is 552 g/mol. The van der Waals surface area contributed by atoms with E-state index >= 15 is 0 Å². The summed E-state index contributed by atoms with van der Waals surface area (Å²) in [7, 11) is 0. The first-order chi connectivity index (χ1) is 22.2. The first kappa shape index (κ1) is 25.2. The van der Waals surface area contributed by atoms with Gasteiger partial charge in [0.15, 0.2) is 11.6 Å². The van der Waals surface area contributed by atoms with E-state index in [1.54, 1.807) is 0 Å². The van der Waals surface area contributed by atoms with Crippen LogP contribution in [0.5, 0.6) is 0 Å². The molecule has 9 aromatic rings. The zero-order chi connectivity index (χ0) is 29.9. The van der Waals surface area contributed by atoms with Crippen LogP contribution < -0.4 is 5.73 Å². The lowest BCUT2D eigenvalue weighted by Crippen LogP contribution is -2.07. The zero-order valence-corrected chi connectivity index (χ0v) is 24.2. The minimum atomic E-state index is 0.561. The van der Waals surface area contributed by atoms with Gasteiger partial charge in [-0.1, -0.05) is 115 Å². The maximum absolute atomic E-state index is 6.35. The SMILES string of the molecule is Nc1cccc(-n2c3ccccc3c3ccc4c5ccccc5n(-c5nc(-c6ccccc6)nc(-c6ccccc6)n5)c4c32)c1. The number of anilines is 1. The third-order valence-electron chi connectivity index (χ3n) is 8.48. The Kier molecular flexibility index (Phi) is 5.55. The standard InChI is InChI=1S/C39H26N6/c40-27-16-11-17-28(24-27)44-33-20-9-7-18-29(33)31-22-23-32-30-19-8-10-21-34(30)45(36(32)35(31)44)39-42-37(25-12-3-1-4-13-25)41-38(43-39)26-14-5-2-6-15-26/h1-24H,40H2. The fourth-order valence-electron chi connectivity index (χ4n) is 6.54. The van der Waals surface area contributed by atoms with Crippen LogP contribution in [0.4, 0.5) is 5.69 Å². The van der Waals surface area contributed by atoms with E-state index in [4.69, 9.17) is 20.7 Å². The average molecular weight is 579 g/mol. The highest BCUT2D eigenvalue weighted by Crippen LogP contribution is 2.41. The third-order valence-corrected chi connectivity index (χ3v) is 8.48. The quantitative estimate of drug-likeness (QED) is 0.212. The van der Waals surface area contributed by atoms with Gasteiger partial charge in [0.2, 0.25) is 5.95 Å². The van der Waals surface area contributed by atoms with Gasteiger partial charge in [-0.05, 0) is 30.3 Å². The summed E-state index contributed by atoms with van der Waals surface area (Å²) < 4.78 is 4.52. The van der Waals surface area contributed by atoms with Gasteiger partial charge in [0.05, 0.1) is 22.1 Å². The molecule has 0 bridgehead atoms. The highest BCUT2D eigenvalue weighted by Gasteiger charge is 2.23. The van der Waals surface area contributed by atoms with Gasteiger partial charge in [-0.15, -0.1) is 0 Å². The highest BCUT2D eigenvalue weighted by atomic mass is 15.2. The maximum Gasteiger partial charge on any atom is 0.238 e. The Morgan fingerprint density at radius 3 is 1.51 bits per heavy atom. The predicted octanol–water partition coefficient (Wildman–Crippen LogP) is 8.98. The summed E-state index contributed by atoms with van der Waals surface area (Å²) >= 11 is 0. The lowest BCUT2D eigenvalue weighted by Gasteiger charge is -2.13. The normalized spacial score (nSPS) is 11.6. The number of hydrogen-bond donors (Lipinski definition) is 1. The molecule has 6 heteroatoms. The van der Waals surface area contributed by atoms with Gasteiger partial charge in [-0.2, -0.15) is 9.97 Å². The molecule has 9 rings (SSSR count). The van der Waals surface area contributed by atoms with Crippen LogP contribution in [-0.4, -0.2) is 24.1 Å². The number of benzene rings is 6. The Morgan fingerprint density at radius 1 is 0.422 bits per heavy atom. The molecule has 0 radical (unpaired) electrons. The predicted molar refractivity (Wildman–Crippen MR) is 184 cm³/mol. The minimum Gasteiger partial charge on any atom is -0.399 e. The van der Waals surface area contributed by atoms with Crippen molar-refractivity contribution in [3.05, 3.63) is 146 Å².